The minimum absolute atomic E-state index is 0.0529. The molecule has 1 atom stereocenters. The molecule has 6 nitrogen and oxygen atoms in total. The number of hydrogen-bond donors (Lipinski definition) is 1. The van der Waals surface area contributed by atoms with E-state index >= 15 is 0 Å². The van der Waals surface area contributed by atoms with E-state index in [1.165, 1.54) is 5.56 Å². The number of ether oxygens (including phenoxy) is 2. The molecule has 2 aromatic carbocycles. The Balaban J connectivity index is 2.05. The van der Waals surface area contributed by atoms with Gasteiger partial charge in [-0.2, -0.15) is 0 Å². The number of hydrogen-bond acceptors (Lipinski definition) is 4. The van der Waals surface area contributed by atoms with E-state index in [2.05, 4.69) is 12.2 Å². The smallest absolute Gasteiger partial charge is 0.242 e. The molecule has 0 saturated carbocycles. The highest BCUT2D eigenvalue weighted by molar-refractivity contribution is 5.87. The summed E-state index contributed by atoms with van der Waals surface area (Å²) >= 11 is 0. The number of nitrogens with one attached hydrogen (secondary N) is 1. The number of benzene rings is 2. The Labute approximate surface area is 198 Å². The van der Waals surface area contributed by atoms with Crippen molar-refractivity contribution >= 4 is 11.8 Å². The molecule has 2 amide bonds. The summed E-state index contributed by atoms with van der Waals surface area (Å²) in [5.74, 6) is 1.37. The molecule has 6 heteroatoms. The van der Waals surface area contributed by atoms with Crippen LogP contribution in [0.2, 0.25) is 0 Å². The van der Waals surface area contributed by atoms with E-state index < -0.39 is 6.04 Å². The second-order valence-electron chi connectivity index (χ2n) is 8.21. The molecule has 0 saturated heterocycles. The van der Waals surface area contributed by atoms with E-state index in [9.17, 15) is 9.59 Å². The van der Waals surface area contributed by atoms with E-state index in [4.69, 9.17) is 9.47 Å². The average molecular weight is 455 g/mol. The zero-order chi connectivity index (χ0) is 24.1. The highest BCUT2D eigenvalue weighted by atomic mass is 16.5. The van der Waals surface area contributed by atoms with Crippen LogP contribution in [0.15, 0.2) is 48.5 Å². The molecule has 0 aliphatic heterocycles. The monoisotopic (exact) mass is 454 g/mol. The summed E-state index contributed by atoms with van der Waals surface area (Å²) in [5, 5.41) is 2.99. The molecule has 0 spiro atoms. The topological polar surface area (TPSA) is 67.9 Å². The van der Waals surface area contributed by atoms with Crippen molar-refractivity contribution in [3.63, 3.8) is 0 Å². The minimum atomic E-state index is -0.515. The van der Waals surface area contributed by atoms with Crippen molar-refractivity contribution in [2.24, 2.45) is 0 Å². The molecule has 0 fully saturated rings. The number of carbonyl (C=O) groups is 2. The lowest BCUT2D eigenvalue weighted by atomic mass is 10.1. The number of amides is 2. The molecule has 0 bridgehead atoms. The van der Waals surface area contributed by atoms with Crippen LogP contribution < -0.4 is 14.8 Å². The van der Waals surface area contributed by atoms with Crippen molar-refractivity contribution in [3.8, 4) is 11.5 Å². The van der Waals surface area contributed by atoms with Gasteiger partial charge in [-0.25, -0.2) is 0 Å². The van der Waals surface area contributed by atoms with Crippen molar-refractivity contribution in [1.82, 2.24) is 10.2 Å². The van der Waals surface area contributed by atoms with E-state index in [1.807, 2.05) is 62.4 Å². The van der Waals surface area contributed by atoms with Crippen LogP contribution in [0.4, 0.5) is 0 Å². The van der Waals surface area contributed by atoms with Gasteiger partial charge in [0.2, 0.25) is 11.8 Å². The largest absolute Gasteiger partial charge is 0.497 e. The number of methoxy groups -OCH3 is 1. The van der Waals surface area contributed by atoms with E-state index in [-0.39, 0.29) is 11.8 Å². The number of aryl methyl sites for hydroxylation is 1. The second kappa shape index (κ2) is 14.2. The first-order chi connectivity index (χ1) is 16.0. The van der Waals surface area contributed by atoms with Gasteiger partial charge in [-0.1, -0.05) is 50.1 Å². The van der Waals surface area contributed by atoms with E-state index in [0.29, 0.717) is 39.0 Å². The third kappa shape index (κ3) is 8.79. The lowest BCUT2D eigenvalue weighted by Gasteiger charge is -2.31. The van der Waals surface area contributed by atoms with Gasteiger partial charge in [0.25, 0.3) is 0 Å². The van der Waals surface area contributed by atoms with Crippen molar-refractivity contribution in [2.45, 2.75) is 65.5 Å². The van der Waals surface area contributed by atoms with Gasteiger partial charge in [0, 0.05) is 19.5 Å². The summed E-state index contributed by atoms with van der Waals surface area (Å²) in [6, 6.07) is 15.0. The van der Waals surface area contributed by atoms with Crippen molar-refractivity contribution in [2.75, 3.05) is 20.3 Å². The number of nitrogens with zero attached hydrogens (tertiary/aromatic N) is 1. The van der Waals surface area contributed by atoms with Crippen molar-refractivity contribution in [1.29, 1.82) is 0 Å². The molecule has 2 aromatic rings. The molecule has 0 aliphatic carbocycles. The predicted octanol–water partition coefficient (Wildman–Crippen LogP) is 4.89. The Hall–Kier alpha value is -3.02. The average Bonchev–Trinajstić information content (AvgIpc) is 2.83. The SMILES string of the molecule is CCCCNC(=O)[C@@H](CC)N(Cc1cccc(OC)c1)C(=O)CCCOc1ccc(C)cc1. The molecule has 1 N–H and O–H groups in total. The highest BCUT2D eigenvalue weighted by Crippen LogP contribution is 2.19. The Morgan fingerprint density at radius 2 is 1.79 bits per heavy atom. The molecule has 2 rings (SSSR count). The van der Waals surface area contributed by atoms with Crippen LogP contribution in [-0.4, -0.2) is 43.0 Å². The van der Waals surface area contributed by atoms with Gasteiger partial charge in [-0.3, -0.25) is 9.59 Å². The summed E-state index contributed by atoms with van der Waals surface area (Å²) in [6.07, 6.45) is 3.37. The fourth-order valence-electron chi connectivity index (χ4n) is 3.58. The third-order valence-electron chi connectivity index (χ3n) is 5.53. The molecular formula is C27H38N2O4. The standard InChI is InChI=1S/C27H38N2O4/c1-5-7-17-28-27(31)25(6-2)29(20-22-10-8-11-24(19-22)32-4)26(30)12-9-18-33-23-15-13-21(3)14-16-23/h8,10-11,13-16,19,25H,5-7,9,12,17-18,20H2,1-4H3,(H,28,31)/t25-/m1/s1. The first-order valence-electron chi connectivity index (χ1n) is 11.9. The van der Waals surface area contributed by atoms with Crippen LogP contribution in [0.5, 0.6) is 11.5 Å². The predicted molar refractivity (Wildman–Crippen MR) is 131 cm³/mol. The van der Waals surface area contributed by atoms with Crippen LogP contribution in [0.1, 0.15) is 57.1 Å². The number of carbonyl (C=O) groups excluding carboxylic acids is 2. The van der Waals surface area contributed by atoms with E-state index in [0.717, 1.165) is 29.9 Å². The van der Waals surface area contributed by atoms with Gasteiger partial charge < -0.3 is 19.7 Å². The Morgan fingerprint density at radius 3 is 2.45 bits per heavy atom. The molecule has 0 radical (unpaired) electrons. The van der Waals surface area contributed by atoms with Gasteiger partial charge in [0.05, 0.1) is 13.7 Å². The Kier molecular flexibility index (Phi) is 11.3. The summed E-state index contributed by atoms with van der Waals surface area (Å²) in [5.41, 5.74) is 2.10. The van der Waals surface area contributed by atoms with Crippen LogP contribution in [-0.2, 0) is 16.1 Å². The minimum Gasteiger partial charge on any atom is -0.497 e. The molecule has 0 unspecified atom stereocenters. The molecule has 0 aliphatic rings. The maximum Gasteiger partial charge on any atom is 0.242 e. The Morgan fingerprint density at radius 1 is 1.03 bits per heavy atom. The summed E-state index contributed by atoms with van der Waals surface area (Å²) < 4.78 is 11.1. The van der Waals surface area contributed by atoms with Gasteiger partial charge in [-0.05, 0) is 56.0 Å². The van der Waals surface area contributed by atoms with Gasteiger partial charge >= 0.3 is 0 Å². The first-order valence-corrected chi connectivity index (χ1v) is 11.9. The van der Waals surface area contributed by atoms with Gasteiger partial charge in [-0.15, -0.1) is 0 Å². The molecule has 0 aromatic heterocycles. The zero-order valence-corrected chi connectivity index (χ0v) is 20.4. The quantitative estimate of drug-likeness (QED) is 0.413. The lowest BCUT2D eigenvalue weighted by Crippen LogP contribution is -2.49. The molecule has 33 heavy (non-hydrogen) atoms. The number of rotatable bonds is 14. The summed E-state index contributed by atoms with van der Waals surface area (Å²) in [6.45, 7) is 7.48. The van der Waals surface area contributed by atoms with Crippen LogP contribution >= 0.6 is 0 Å². The third-order valence-corrected chi connectivity index (χ3v) is 5.53. The van der Waals surface area contributed by atoms with Crippen LogP contribution in [0.3, 0.4) is 0 Å². The van der Waals surface area contributed by atoms with Gasteiger partial charge in [0.15, 0.2) is 0 Å². The molecule has 180 valence electrons. The maximum absolute atomic E-state index is 13.3. The van der Waals surface area contributed by atoms with Gasteiger partial charge in [0.1, 0.15) is 17.5 Å². The fourth-order valence-corrected chi connectivity index (χ4v) is 3.58. The van der Waals surface area contributed by atoms with Crippen molar-refractivity contribution in [3.05, 3.63) is 59.7 Å². The fraction of sp³-hybridized carbons (Fsp3) is 0.481. The van der Waals surface area contributed by atoms with E-state index in [1.54, 1.807) is 12.0 Å². The Bertz CT molecular complexity index is 867. The normalized spacial score (nSPS) is 11.5. The van der Waals surface area contributed by atoms with Crippen LogP contribution in [0, 0.1) is 6.92 Å². The van der Waals surface area contributed by atoms with Crippen molar-refractivity contribution < 1.29 is 19.1 Å². The lowest BCUT2D eigenvalue weighted by molar-refractivity contribution is -0.141. The van der Waals surface area contributed by atoms with Crippen LogP contribution in [0.25, 0.3) is 0 Å². The zero-order valence-electron chi connectivity index (χ0n) is 20.4. The highest BCUT2D eigenvalue weighted by Gasteiger charge is 2.28. The number of unbranched alkanes of at least 4 members (excludes halogenated alkanes) is 1. The molecular weight excluding hydrogens is 416 g/mol. The molecule has 0 heterocycles. The second-order valence-corrected chi connectivity index (χ2v) is 8.21. The maximum atomic E-state index is 13.3. The first kappa shape index (κ1) is 26.2. The summed E-state index contributed by atoms with van der Waals surface area (Å²) in [4.78, 5) is 27.8. The summed E-state index contributed by atoms with van der Waals surface area (Å²) in [7, 11) is 1.62.